The maximum absolute atomic E-state index is 12.4. The smallest absolute Gasteiger partial charge is 0.321 e. The average molecular weight is 352 g/mol. The molecule has 6 heteroatoms. The van der Waals surface area contributed by atoms with E-state index < -0.39 is 0 Å². The summed E-state index contributed by atoms with van der Waals surface area (Å²) in [7, 11) is 0. The van der Waals surface area contributed by atoms with Gasteiger partial charge < -0.3 is 20.4 Å². The van der Waals surface area contributed by atoms with Crippen molar-refractivity contribution in [2.75, 3.05) is 41.7 Å². The van der Waals surface area contributed by atoms with E-state index in [2.05, 4.69) is 15.5 Å². The summed E-state index contributed by atoms with van der Waals surface area (Å²) in [4.78, 5) is 27.6. The quantitative estimate of drug-likeness (QED) is 0.891. The van der Waals surface area contributed by atoms with Crippen molar-refractivity contribution < 1.29 is 9.59 Å². The number of piperazine rings is 1. The number of carbonyl (C=O) groups excluding carboxylic acids is 2. The predicted octanol–water partition coefficient (Wildman–Crippen LogP) is 3.31. The lowest BCUT2D eigenvalue weighted by molar-refractivity contribution is -0.114. The molecule has 3 amide bonds. The number of amides is 3. The minimum Gasteiger partial charge on any atom is -0.368 e. The largest absolute Gasteiger partial charge is 0.368 e. The Morgan fingerprint density at radius 1 is 0.808 bits per heavy atom. The summed E-state index contributed by atoms with van der Waals surface area (Å²) in [5.41, 5.74) is 3.87. The Morgan fingerprint density at radius 3 is 1.92 bits per heavy atom. The molecular formula is C20H24N4O2. The number of hydrogen-bond donors (Lipinski definition) is 2. The number of urea groups is 1. The molecule has 0 aliphatic carbocycles. The summed E-state index contributed by atoms with van der Waals surface area (Å²) >= 11 is 0. The molecule has 0 saturated carbocycles. The lowest BCUT2D eigenvalue weighted by atomic mass is 10.2. The van der Waals surface area contributed by atoms with Crippen molar-refractivity contribution in [1.82, 2.24) is 4.90 Å². The summed E-state index contributed by atoms with van der Waals surface area (Å²) in [6.07, 6.45) is 0. The van der Waals surface area contributed by atoms with Gasteiger partial charge in [0.05, 0.1) is 0 Å². The molecule has 26 heavy (non-hydrogen) atoms. The SMILES string of the molecule is CC(=O)Nc1ccc(N2CCN(C(=O)Nc3ccc(C)cc3)CC2)cc1. The molecule has 1 saturated heterocycles. The third-order valence-corrected chi connectivity index (χ3v) is 4.42. The molecule has 0 aromatic heterocycles. The van der Waals surface area contributed by atoms with E-state index in [4.69, 9.17) is 0 Å². The second kappa shape index (κ2) is 7.91. The predicted molar refractivity (Wildman–Crippen MR) is 105 cm³/mol. The monoisotopic (exact) mass is 352 g/mol. The highest BCUT2D eigenvalue weighted by Crippen LogP contribution is 2.20. The third kappa shape index (κ3) is 4.53. The third-order valence-electron chi connectivity index (χ3n) is 4.42. The Hall–Kier alpha value is -3.02. The first-order valence-electron chi connectivity index (χ1n) is 8.76. The van der Waals surface area contributed by atoms with Crippen molar-refractivity contribution in [1.29, 1.82) is 0 Å². The zero-order valence-electron chi connectivity index (χ0n) is 15.2. The van der Waals surface area contributed by atoms with E-state index in [0.29, 0.717) is 13.1 Å². The molecule has 1 aliphatic heterocycles. The number of benzene rings is 2. The molecule has 6 nitrogen and oxygen atoms in total. The van der Waals surface area contributed by atoms with Crippen LogP contribution in [0.25, 0.3) is 0 Å². The Morgan fingerprint density at radius 2 is 1.35 bits per heavy atom. The van der Waals surface area contributed by atoms with Crippen molar-refractivity contribution in [2.45, 2.75) is 13.8 Å². The molecular weight excluding hydrogens is 328 g/mol. The zero-order chi connectivity index (χ0) is 18.5. The number of anilines is 3. The first kappa shape index (κ1) is 17.8. The van der Waals surface area contributed by atoms with Crippen LogP contribution in [0.2, 0.25) is 0 Å². The summed E-state index contributed by atoms with van der Waals surface area (Å²) in [6, 6.07) is 15.5. The van der Waals surface area contributed by atoms with Crippen LogP contribution in [0, 0.1) is 6.92 Å². The van der Waals surface area contributed by atoms with E-state index in [-0.39, 0.29) is 11.9 Å². The summed E-state index contributed by atoms with van der Waals surface area (Å²) < 4.78 is 0. The normalized spacial score (nSPS) is 14.1. The van der Waals surface area contributed by atoms with Gasteiger partial charge in [-0.3, -0.25) is 4.79 Å². The topological polar surface area (TPSA) is 64.7 Å². The van der Waals surface area contributed by atoms with Crippen LogP contribution in [0.1, 0.15) is 12.5 Å². The Bertz CT molecular complexity index is 763. The second-order valence-corrected chi connectivity index (χ2v) is 6.50. The van der Waals surface area contributed by atoms with Gasteiger partial charge >= 0.3 is 6.03 Å². The van der Waals surface area contributed by atoms with Gasteiger partial charge in [-0.2, -0.15) is 0 Å². The van der Waals surface area contributed by atoms with Gasteiger partial charge in [-0.1, -0.05) is 17.7 Å². The van der Waals surface area contributed by atoms with Gasteiger partial charge in [-0.05, 0) is 43.3 Å². The lowest BCUT2D eigenvalue weighted by Gasteiger charge is -2.36. The number of aryl methyl sites for hydroxylation is 1. The molecule has 0 unspecified atom stereocenters. The van der Waals surface area contributed by atoms with Gasteiger partial charge in [0, 0.05) is 50.2 Å². The summed E-state index contributed by atoms with van der Waals surface area (Å²) in [5.74, 6) is -0.0778. The van der Waals surface area contributed by atoms with Gasteiger partial charge in [0.15, 0.2) is 0 Å². The Kier molecular flexibility index (Phi) is 5.41. The van der Waals surface area contributed by atoms with Crippen LogP contribution in [0.4, 0.5) is 21.9 Å². The Balaban J connectivity index is 1.52. The van der Waals surface area contributed by atoms with E-state index in [1.807, 2.05) is 60.4 Å². The van der Waals surface area contributed by atoms with Crippen LogP contribution in [0.5, 0.6) is 0 Å². The molecule has 0 spiro atoms. The van der Waals surface area contributed by atoms with Crippen LogP contribution < -0.4 is 15.5 Å². The van der Waals surface area contributed by atoms with Crippen LogP contribution >= 0.6 is 0 Å². The molecule has 3 rings (SSSR count). The first-order valence-corrected chi connectivity index (χ1v) is 8.76. The van der Waals surface area contributed by atoms with E-state index in [1.54, 1.807) is 0 Å². The molecule has 0 radical (unpaired) electrons. The van der Waals surface area contributed by atoms with E-state index in [1.165, 1.54) is 12.5 Å². The van der Waals surface area contributed by atoms with Crippen molar-refractivity contribution >= 4 is 29.0 Å². The molecule has 0 atom stereocenters. The minimum atomic E-state index is -0.0778. The van der Waals surface area contributed by atoms with Gasteiger partial charge in [-0.15, -0.1) is 0 Å². The molecule has 1 aliphatic rings. The van der Waals surface area contributed by atoms with Gasteiger partial charge in [0.25, 0.3) is 0 Å². The molecule has 2 N–H and O–H groups in total. The highest BCUT2D eigenvalue weighted by atomic mass is 16.2. The van der Waals surface area contributed by atoms with Crippen LogP contribution in [0.15, 0.2) is 48.5 Å². The van der Waals surface area contributed by atoms with Gasteiger partial charge in [-0.25, -0.2) is 4.79 Å². The maximum atomic E-state index is 12.4. The molecule has 2 aromatic carbocycles. The fourth-order valence-corrected chi connectivity index (χ4v) is 2.97. The second-order valence-electron chi connectivity index (χ2n) is 6.50. The Labute approximate surface area is 153 Å². The maximum Gasteiger partial charge on any atom is 0.321 e. The highest BCUT2D eigenvalue weighted by Gasteiger charge is 2.21. The van der Waals surface area contributed by atoms with Crippen molar-refractivity contribution in [3.05, 3.63) is 54.1 Å². The summed E-state index contributed by atoms with van der Waals surface area (Å²) in [5, 5.41) is 5.71. The molecule has 136 valence electrons. The van der Waals surface area contributed by atoms with Crippen LogP contribution in [-0.4, -0.2) is 43.0 Å². The number of carbonyl (C=O) groups is 2. The minimum absolute atomic E-state index is 0.0606. The van der Waals surface area contributed by atoms with Gasteiger partial charge in [0.1, 0.15) is 0 Å². The number of rotatable bonds is 3. The number of nitrogens with zero attached hydrogens (tertiary/aromatic N) is 2. The van der Waals surface area contributed by atoms with Crippen molar-refractivity contribution in [3.63, 3.8) is 0 Å². The summed E-state index contributed by atoms with van der Waals surface area (Å²) in [6.45, 7) is 6.42. The fourth-order valence-electron chi connectivity index (χ4n) is 2.97. The number of nitrogens with one attached hydrogen (secondary N) is 2. The molecule has 1 heterocycles. The molecule has 0 bridgehead atoms. The first-order chi connectivity index (χ1) is 12.5. The average Bonchev–Trinajstić information content (AvgIpc) is 2.64. The lowest BCUT2D eigenvalue weighted by Crippen LogP contribution is -2.50. The highest BCUT2D eigenvalue weighted by molar-refractivity contribution is 5.90. The molecule has 1 fully saturated rings. The van der Waals surface area contributed by atoms with Crippen molar-refractivity contribution in [3.8, 4) is 0 Å². The van der Waals surface area contributed by atoms with Crippen LogP contribution in [0.3, 0.4) is 0 Å². The molecule has 2 aromatic rings. The zero-order valence-corrected chi connectivity index (χ0v) is 15.2. The van der Waals surface area contributed by atoms with E-state index in [9.17, 15) is 9.59 Å². The van der Waals surface area contributed by atoms with Crippen molar-refractivity contribution in [2.24, 2.45) is 0 Å². The van der Waals surface area contributed by atoms with Crippen LogP contribution in [-0.2, 0) is 4.79 Å². The fraction of sp³-hybridized carbons (Fsp3) is 0.300. The standard InChI is InChI=1S/C20H24N4O2/c1-15-3-5-18(6-4-15)22-20(26)24-13-11-23(12-14-24)19-9-7-17(8-10-19)21-16(2)25/h3-10H,11-14H2,1-2H3,(H,21,25)(H,22,26). The van der Waals surface area contributed by atoms with E-state index in [0.717, 1.165) is 30.2 Å². The number of hydrogen-bond acceptors (Lipinski definition) is 3. The van der Waals surface area contributed by atoms with E-state index >= 15 is 0 Å². The van der Waals surface area contributed by atoms with Gasteiger partial charge in [0.2, 0.25) is 5.91 Å².